The van der Waals surface area contributed by atoms with E-state index in [1.165, 1.54) is 0 Å². The molecule has 0 unspecified atom stereocenters. The number of benzene rings is 2. The maximum absolute atomic E-state index is 5.89. The minimum atomic E-state index is 0.709. The first-order valence-electron chi connectivity index (χ1n) is 5.58. The molecule has 100 valence electrons. The summed E-state index contributed by atoms with van der Waals surface area (Å²) >= 11 is 6.91. The standard InChI is InChI=1S/C14H13Br2NO2/c1-8-5-9(17)3-4-12(8)19-14-7-10(15)13(18-2)6-11(14)16/h3-7H,17H2,1-2H3. The quantitative estimate of drug-likeness (QED) is 0.762. The number of rotatable bonds is 3. The molecule has 0 fully saturated rings. The molecule has 0 aromatic heterocycles. The first kappa shape index (κ1) is 14.2. The lowest BCUT2D eigenvalue weighted by atomic mass is 10.2. The van der Waals surface area contributed by atoms with E-state index >= 15 is 0 Å². The van der Waals surface area contributed by atoms with Gasteiger partial charge in [0.2, 0.25) is 0 Å². The first-order chi connectivity index (χ1) is 9.01. The lowest BCUT2D eigenvalue weighted by Crippen LogP contribution is -1.92. The van der Waals surface area contributed by atoms with Crippen LogP contribution in [0.3, 0.4) is 0 Å². The Labute approximate surface area is 129 Å². The summed E-state index contributed by atoms with van der Waals surface area (Å²) in [4.78, 5) is 0. The van der Waals surface area contributed by atoms with Gasteiger partial charge in [-0.25, -0.2) is 0 Å². The molecule has 0 radical (unpaired) electrons. The Morgan fingerprint density at radius 2 is 1.58 bits per heavy atom. The summed E-state index contributed by atoms with van der Waals surface area (Å²) in [6, 6.07) is 9.26. The van der Waals surface area contributed by atoms with Crippen LogP contribution in [0.1, 0.15) is 5.56 Å². The van der Waals surface area contributed by atoms with Crippen LogP contribution in [0.2, 0.25) is 0 Å². The Morgan fingerprint density at radius 1 is 0.947 bits per heavy atom. The molecule has 0 saturated heterocycles. The predicted octanol–water partition coefficient (Wildman–Crippen LogP) is 4.90. The fourth-order valence-corrected chi connectivity index (χ4v) is 2.54. The van der Waals surface area contributed by atoms with E-state index in [9.17, 15) is 0 Å². The van der Waals surface area contributed by atoms with E-state index in [0.717, 1.165) is 31.7 Å². The average molecular weight is 387 g/mol. The first-order valence-corrected chi connectivity index (χ1v) is 7.17. The lowest BCUT2D eigenvalue weighted by Gasteiger charge is -2.12. The second-order valence-corrected chi connectivity index (χ2v) is 5.75. The van der Waals surface area contributed by atoms with Crippen molar-refractivity contribution < 1.29 is 9.47 Å². The van der Waals surface area contributed by atoms with Crippen molar-refractivity contribution in [2.24, 2.45) is 0 Å². The van der Waals surface area contributed by atoms with Crippen LogP contribution < -0.4 is 15.2 Å². The zero-order valence-corrected chi connectivity index (χ0v) is 13.7. The van der Waals surface area contributed by atoms with Gasteiger partial charge in [-0.15, -0.1) is 0 Å². The lowest BCUT2D eigenvalue weighted by molar-refractivity contribution is 0.409. The maximum atomic E-state index is 5.89. The molecule has 2 aromatic carbocycles. The van der Waals surface area contributed by atoms with Crippen molar-refractivity contribution in [2.75, 3.05) is 12.8 Å². The highest BCUT2D eigenvalue weighted by atomic mass is 79.9. The van der Waals surface area contributed by atoms with Gasteiger partial charge in [-0.1, -0.05) is 0 Å². The van der Waals surface area contributed by atoms with Crippen LogP contribution in [0.15, 0.2) is 39.3 Å². The van der Waals surface area contributed by atoms with Crippen LogP contribution in [0.5, 0.6) is 17.2 Å². The van der Waals surface area contributed by atoms with E-state index in [4.69, 9.17) is 15.2 Å². The highest BCUT2D eigenvalue weighted by Gasteiger charge is 2.10. The molecule has 0 atom stereocenters. The van der Waals surface area contributed by atoms with Gasteiger partial charge in [-0.05, 0) is 74.7 Å². The summed E-state index contributed by atoms with van der Waals surface area (Å²) in [7, 11) is 1.62. The van der Waals surface area contributed by atoms with Crippen molar-refractivity contribution in [1.29, 1.82) is 0 Å². The van der Waals surface area contributed by atoms with Gasteiger partial charge >= 0.3 is 0 Å². The van der Waals surface area contributed by atoms with Crippen LogP contribution >= 0.6 is 31.9 Å². The van der Waals surface area contributed by atoms with Gasteiger partial charge in [0, 0.05) is 5.69 Å². The molecule has 0 saturated carbocycles. The Balaban J connectivity index is 2.35. The molecule has 0 aliphatic carbocycles. The third kappa shape index (κ3) is 3.22. The van der Waals surface area contributed by atoms with Gasteiger partial charge in [0.05, 0.1) is 16.1 Å². The third-order valence-electron chi connectivity index (χ3n) is 2.63. The highest BCUT2D eigenvalue weighted by molar-refractivity contribution is 9.11. The molecule has 0 bridgehead atoms. The van der Waals surface area contributed by atoms with Crippen molar-refractivity contribution in [2.45, 2.75) is 6.92 Å². The topological polar surface area (TPSA) is 44.5 Å². The van der Waals surface area contributed by atoms with E-state index in [1.54, 1.807) is 7.11 Å². The molecule has 0 spiro atoms. The van der Waals surface area contributed by atoms with E-state index < -0.39 is 0 Å². The Morgan fingerprint density at radius 3 is 2.21 bits per heavy atom. The number of halogens is 2. The molecule has 0 heterocycles. The Hall–Kier alpha value is -1.20. The van der Waals surface area contributed by atoms with Crippen molar-refractivity contribution in [3.63, 3.8) is 0 Å². The fourth-order valence-electron chi connectivity index (χ4n) is 1.65. The largest absolute Gasteiger partial charge is 0.496 e. The summed E-state index contributed by atoms with van der Waals surface area (Å²) in [5.41, 5.74) is 7.43. The van der Waals surface area contributed by atoms with Crippen LogP contribution in [0, 0.1) is 6.92 Å². The number of ether oxygens (including phenoxy) is 2. The zero-order valence-electron chi connectivity index (χ0n) is 10.5. The number of anilines is 1. The fraction of sp³-hybridized carbons (Fsp3) is 0.143. The van der Waals surface area contributed by atoms with Gasteiger partial charge in [0.15, 0.2) is 0 Å². The molecule has 3 nitrogen and oxygen atoms in total. The molecule has 0 amide bonds. The maximum Gasteiger partial charge on any atom is 0.143 e. The molecule has 0 aliphatic rings. The van der Waals surface area contributed by atoms with Crippen molar-refractivity contribution in [1.82, 2.24) is 0 Å². The van der Waals surface area contributed by atoms with E-state index in [2.05, 4.69) is 31.9 Å². The average Bonchev–Trinajstić information content (AvgIpc) is 2.36. The molecular weight excluding hydrogens is 374 g/mol. The Kier molecular flexibility index (Phi) is 4.37. The number of nitrogen functional groups attached to an aromatic ring is 1. The van der Waals surface area contributed by atoms with E-state index in [-0.39, 0.29) is 0 Å². The smallest absolute Gasteiger partial charge is 0.143 e. The van der Waals surface area contributed by atoms with Gasteiger partial charge < -0.3 is 15.2 Å². The van der Waals surface area contributed by atoms with Gasteiger partial charge in [0.1, 0.15) is 17.2 Å². The number of methoxy groups -OCH3 is 1. The normalized spacial score (nSPS) is 10.3. The zero-order chi connectivity index (χ0) is 14.0. The van der Waals surface area contributed by atoms with Crippen molar-refractivity contribution in [3.05, 3.63) is 44.8 Å². The molecular formula is C14H13Br2NO2. The molecule has 19 heavy (non-hydrogen) atoms. The van der Waals surface area contributed by atoms with Crippen LogP contribution in [-0.2, 0) is 0 Å². The molecule has 5 heteroatoms. The minimum absolute atomic E-state index is 0.709. The summed E-state index contributed by atoms with van der Waals surface area (Å²) in [5.74, 6) is 2.22. The minimum Gasteiger partial charge on any atom is -0.496 e. The number of hydrogen-bond acceptors (Lipinski definition) is 3. The summed E-state index contributed by atoms with van der Waals surface area (Å²) in [6.07, 6.45) is 0. The van der Waals surface area contributed by atoms with Crippen LogP contribution in [0.4, 0.5) is 5.69 Å². The monoisotopic (exact) mass is 385 g/mol. The van der Waals surface area contributed by atoms with Crippen molar-refractivity contribution in [3.8, 4) is 17.2 Å². The third-order valence-corrected chi connectivity index (χ3v) is 3.86. The summed E-state index contributed by atoms with van der Waals surface area (Å²) in [6.45, 7) is 1.96. The number of hydrogen-bond donors (Lipinski definition) is 1. The number of aryl methyl sites for hydroxylation is 1. The predicted molar refractivity (Wildman–Crippen MR) is 84.1 cm³/mol. The van der Waals surface area contributed by atoms with Gasteiger partial charge in [-0.3, -0.25) is 0 Å². The van der Waals surface area contributed by atoms with E-state index in [0.29, 0.717) is 5.75 Å². The van der Waals surface area contributed by atoms with Gasteiger partial charge in [0.25, 0.3) is 0 Å². The highest BCUT2D eigenvalue weighted by Crippen LogP contribution is 2.38. The Bertz CT molecular complexity index is 615. The summed E-state index contributed by atoms with van der Waals surface area (Å²) in [5, 5.41) is 0. The molecule has 2 N–H and O–H groups in total. The summed E-state index contributed by atoms with van der Waals surface area (Å²) < 4.78 is 12.8. The van der Waals surface area contributed by atoms with Crippen LogP contribution in [-0.4, -0.2) is 7.11 Å². The van der Waals surface area contributed by atoms with Gasteiger partial charge in [-0.2, -0.15) is 0 Å². The number of nitrogens with two attached hydrogens (primary N) is 1. The van der Waals surface area contributed by atoms with Crippen molar-refractivity contribution >= 4 is 37.5 Å². The second-order valence-electron chi connectivity index (χ2n) is 4.04. The molecule has 2 rings (SSSR count). The van der Waals surface area contributed by atoms with Crippen LogP contribution in [0.25, 0.3) is 0 Å². The molecule has 2 aromatic rings. The second kappa shape index (κ2) is 5.84. The van der Waals surface area contributed by atoms with E-state index in [1.807, 2.05) is 37.3 Å². The SMILES string of the molecule is COc1cc(Br)c(Oc2ccc(N)cc2C)cc1Br. The molecule has 0 aliphatic heterocycles.